The minimum Gasteiger partial charge on any atom is -0.310 e. The van der Waals surface area contributed by atoms with Gasteiger partial charge in [0.25, 0.3) is 6.71 Å². The molecule has 0 aliphatic carbocycles. The third-order valence-electron chi connectivity index (χ3n) is 19.4. The lowest BCUT2D eigenvalue weighted by Crippen LogP contribution is -2.59. The van der Waals surface area contributed by atoms with Crippen molar-refractivity contribution in [2.75, 3.05) is 0 Å². The Hall–Kier alpha value is -10.0. The van der Waals surface area contributed by atoms with Crippen LogP contribution in [0.25, 0.3) is 182 Å². The summed E-state index contributed by atoms with van der Waals surface area (Å²) in [4.78, 5) is 0. The highest BCUT2D eigenvalue weighted by atomic mass is 32.1. The van der Waals surface area contributed by atoms with Gasteiger partial charge in [0.2, 0.25) is 0 Å². The van der Waals surface area contributed by atoms with Gasteiger partial charge in [-0.3, -0.25) is 0 Å². The summed E-state index contributed by atoms with van der Waals surface area (Å²) in [7, 11) is 0. The summed E-state index contributed by atoms with van der Waals surface area (Å²) in [5.74, 6) is 0. The van der Waals surface area contributed by atoms with Crippen molar-refractivity contribution in [3.05, 3.63) is 249 Å². The fourth-order valence-corrected chi connectivity index (χ4v) is 18.4. The molecule has 0 bridgehead atoms. The lowest BCUT2D eigenvalue weighted by atomic mass is 9.34. The van der Waals surface area contributed by atoms with Crippen LogP contribution in [0, 0.1) is 0 Å². The number of fused-ring (bicyclic) bond motifs is 30. The number of hydrogen-bond donors (Lipinski definition) is 0. The second-order valence-corrected chi connectivity index (χ2v) is 25.5. The highest BCUT2D eigenvalue weighted by Crippen LogP contribution is 2.50. The topological polar surface area (TPSA) is 9.86 Å². The number of benzene rings is 15. The molecule has 6 heterocycles. The Labute approximate surface area is 482 Å². The Morgan fingerprint density at radius 3 is 1.28 bits per heavy atom. The van der Waals surface area contributed by atoms with Crippen LogP contribution in [0.4, 0.5) is 0 Å². The van der Waals surface area contributed by atoms with Gasteiger partial charge in [0.05, 0.1) is 16.6 Å². The average molecular weight is 1080 g/mol. The monoisotopic (exact) mass is 1080 g/mol. The van der Waals surface area contributed by atoms with Gasteiger partial charge in [-0.05, 0) is 153 Å². The second-order valence-electron chi connectivity index (χ2n) is 23.3. The molecule has 0 atom stereocenters. The van der Waals surface area contributed by atoms with E-state index < -0.39 is 0 Å². The first-order chi connectivity index (χ1) is 41.2. The van der Waals surface area contributed by atoms with E-state index in [4.69, 9.17) is 0 Å². The highest BCUT2D eigenvalue weighted by Gasteiger charge is 2.42. The quantitative estimate of drug-likeness (QED) is 0.121. The van der Waals surface area contributed by atoms with Gasteiger partial charge in [0.15, 0.2) is 0 Å². The molecule has 0 spiro atoms. The molecular formula is C78H41BN2S2. The maximum Gasteiger partial charge on any atom is 0.252 e. The molecule has 5 heteroatoms. The second kappa shape index (κ2) is 15.5. The van der Waals surface area contributed by atoms with Crippen molar-refractivity contribution in [1.82, 2.24) is 9.13 Å². The number of hydrogen-bond acceptors (Lipinski definition) is 2. The molecule has 0 N–H and O–H groups in total. The number of rotatable bonds is 2. The molecule has 0 unspecified atom stereocenters. The van der Waals surface area contributed by atoms with Crippen LogP contribution < -0.4 is 16.4 Å². The molecule has 2 nitrogen and oxygen atoms in total. The van der Waals surface area contributed by atoms with Gasteiger partial charge in [-0.2, -0.15) is 0 Å². The van der Waals surface area contributed by atoms with Gasteiger partial charge in [-0.15, -0.1) is 22.7 Å². The molecule has 19 aromatic rings. The standard InChI is InChI=1S/C78H41BN2S2/c1-3-18-50-46(14-1)48-16-5-7-22-56(48)72-58(50)33-35-65-74(72)61-37-45(44-29-32-55-53-21-10-12-27-69(53)83-71(55)40-44)38-62-77(61)81(65)67-25-13-24-66-76(67)79(62)63-41-59-51-19-4-2-15-47(51)49-17-6-8-23-57(49)73(59)75-60-36-42(30-34-64(60)80(66)78(63)75)43-28-31-54-52-20-9-11-26-68(52)82-70(54)39-43/h1-41H. The van der Waals surface area contributed by atoms with Crippen LogP contribution in [0.15, 0.2) is 249 Å². The maximum absolute atomic E-state index is 2.67. The molecule has 2 aliphatic rings. The zero-order valence-electron chi connectivity index (χ0n) is 44.5. The maximum atomic E-state index is 2.67. The Bertz CT molecular complexity index is 6230. The smallest absolute Gasteiger partial charge is 0.252 e. The lowest BCUT2D eigenvalue weighted by molar-refractivity contribution is 1.14. The minimum atomic E-state index is -0.0823. The summed E-state index contributed by atoms with van der Waals surface area (Å²) in [6, 6.07) is 95.7. The van der Waals surface area contributed by atoms with Crippen molar-refractivity contribution < 1.29 is 0 Å². The fourth-order valence-electron chi connectivity index (χ4n) is 16.1. The van der Waals surface area contributed by atoms with Crippen LogP contribution in [0.1, 0.15) is 0 Å². The molecule has 0 fully saturated rings. The first-order valence-corrected chi connectivity index (χ1v) is 30.5. The molecule has 83 heavy (non-hydrogen) atoms. The van der Waals surface area contributed by atoms with E-state index in [1.165, 1.54) is 199 Å². The summed E-state index contributed by atoms with van der Waals surface area (Å²) < 4.78 is 10.6. The van der Waals surface area contributed by atoms with Gasteiger partial charge in [0.1, 0.15) is 0 Å². The van der Waals surface area contributed by atoms with Crippen molar-refractivity contribution in [3.63, 3.8) is 0 Å². The fraction of sp³-hybridized carbons (Fsp3) is 0. The molecule has 2 aliphatic heterocycles. The van der Waals surface area contributed by atoms with E-state index in [0.29, 0.717) is 0 Å². The average Bonchev–Trinajstić information content (AvgIpc) is 2.54. The van der Waals surface area contributed by atoms with Gasteiger partial charge in [-0.25, -0.2) is 0 Å². The third-order valence-corrected chi connectivity index (χ3v) is 21.7. The van der Waals surface area contributed by atoms with E-state index in [1.54, 1.807) is 0 Å². The number of aromatic nitrogens is 2. The Morgan fingerprint density at radius 1 is 0.241 bits per heavy atom. The molecule has 0 saturated carbocycles. The predicted octanol–water partition coefficient (Wildman–Crippen LogP) is 20.0. The van der Waals surface area contributed by atoms with Gasteiger partial charge >= 0.3 is 0 Å². The van der Waals surface area contributed by atoms with Crippen LogP contribution >= 0.6 is 22.7 Å². The van der Waals surface area contributed by atoms with E-state index in [9.17, 15) is 0 Å². The first-order valence-electron chi connectivity index (χ1n) is 28.8. The van der Waals surface area contributed by atoms with E-state index in [2.05, 4.69) is 258 Å². The van der Waals surface area contributed by atoms with Crippen LogP contribution in [0.3, 0.4) is 0 Å². The molecule has 4 aromatic heterocycles. The summed E-state index contributed by atoms with van der Waals surface area (Å²) in [5.41, 5.74) is 16.6. The van der Waals surface area contributed by atoms with Gasteiger partial charge in [-0.1, -0.05) is 188 Å². The molecule has 0 amide bonds. The molecular weight excluding hydrogens is 1040 g/mol. The summed E-state index contributed by atoms with van der Waals surface area (Å²) in [6.45, 7) is -0.0823. The molecule has 15 aromatic carbocycles. The Kier molecular flexibility index (Phi) is 8.16. The number of nitrogens with zero attached hydrogens (tertiary/aromatic N) is 2. The predicted molar refractivity (Wildman–Crippen MR) is 361 cm³/mol. The Balaban J connectivity index is 0.937. The summed E-state index contributed by atoms with van der Waals surface area (Å²) in [6.07, 6.45) is 0. The van der Waals surface area contributed by atoms with Crippen molar-refractivity contribution in [2.24, 2.45) is 0 Å². The summed E-state index contributed by atoms with van der Waals surface area (Å²) >= 11 is 3.79. The SMILES string of the molecule is c1cc2c3c(c1)-n1c4ccc(-c5ccc6c(c5)sc5ccccc56)cc4c4c5c6ccccc6c6ccccc6c5cc(c41)B3c1cc(-c3ccc4c(c3)sc3ccccc34)cc3c4c5c6ccccc6c6ccccc6c5ccc4n-2c13. The highest BCUT2D eigenvalue weighted by molar-refractivity contribution is 7.26. The lowest BCUT2D eigenvalue weighted by Gasteiger charge is -2.34. The van der Waals surface area contributed by atoms with E-state index in [-0.39, 0.29) is 6.71 Å². The first kappa shape index (κ1) is 43.7. The summed E-state index contributed by atoms with van der Waals surface area (Å²) in [5, 5.41) is 26.1. The van der Waals surface area contributed by atoms with E-state index in [0.717, 1.165) is 0 Å². The normalized spacial score (nSPS) is 13.0. The molecule has 0 saturated heterocycles. The molecule has 378 valence electrons. The van der Waals surface area contributed by atoms with E-state index in [1.807, 2.05) is 22.7 Å². The minimum absolute atomic E-state index is 0.0823. The Morgan fingerprint density at radius 2 is 0.663 bits per heavy atom. The van der Waals surface area contributed by atoms with Gasteiger partial charge in [0, 0.05) is 89.6 Å². The molecule has 21 rings (SSSR count). The van der Waals surface area contributed by atoms with Crippen molar-refractivity contribution in [2.45, 2.75) is 0 Å². The number of thiophene rings is 2. The zero-order chi connectivity index (χ0) is 53.5. The van der Waals surface area contributed by atoms with Crippen molar-refractivity contribution in [1.29, 1.82) is 0 Å². The van der Waals surface area contributed by atoms with Gasteiger partial charge < -0.3 is 9.13 Å². The van der Waals surface area contributed by atoms with E-state index >= 15 is 0 Å². The largest absolute Gasteiger partial charge is 0.310 e. The van der Waals surface area contributed by atoms with Crippen LogP contribution in [-0.2, 0) is 0 Å². The zero-order valence-corrected chi connectivity index (χ0v) is 46.1. The van der Waals surface area contributed by atoms with Crippen LogP contribution in [-0.4, -0.2) is 15.8 Å². The molecule has 0 radical (unpaired) electrons. The van der Waals surface area contributed by atoms with Crippen LogP contribution in [0.2, 0.25) is 0 Å². The van der Waals surface area contributed by atoms with Crippen molar-refractivity contribution >= 4 is 194 Å². The van der Waals surface area contributed by atoms with Crippen molar-refractivity contribution in [3.8, 4) is 33.6 Å². The van der Waals surface area contributed by atoms with Crippen LogP contribution in [0.5, 0.6) is 0 Å². The third kappa shape index (κ3) is 5.46.